The van der Waals surface area contributed by atoms with Crippen LogP contribution >= 0.6 is 11.6 Å². The van der Waals surface area contributed by atoms with Crippen LogP contribution in [0.2, 0.25) is 5.02 Å². The number of hydrogen-bond donors (Lipinski definition) is 2. The van der Waals surface area contributed by atoms with E-state index < -0.39 is 0 Å². The molecule has 2 rings (SSSR count). The van der Waals surface area contributed by atoms with Crippen molar-refractivity contribution in [3.63, 3.8) is 0 Å². The zero-order valence-corrected chi connectivity index (χ0v) is 12.7. The van der Waals surface area contributed by atoms with E-state index in [9.17, 15) is 4.79 Å². The molecule has 1 aromatic carbocycles. The zero-order valence-electron chi connectivity index (χ0n) is 12.0. The molecule has 0 saturated heterocycles. The first kappa shape index (κ1) is 15.3. The minimum atomic E-state index is 0.0380. The molecule has 0 amide bonds. The fourth-order valence-electron chi connectivity index (χ4n) is 1.87. The number of carbonyl (C=O) groups is 1. The highest BCUT2D eigenvalue weighted by molar-refractivity contribution is 6.34. The lowest BCUT2D eigenvalue weighted by atomic mass is 10.1. The summed E-state index contributed by atoms with van der Waals surface area (Å²) in [6.45, 7) is 1.96. The molecule has 1 heterocycles. The molecule has 21 heavy (non-hydrogen) atoms. The van der Waals surface area contributed by atoms with Crippen LogP contribution in [0.3, 0.4) is 0 Å². The molecule has 0 saturated carbocycles. The number of aromatic nitrogens is 2. The van der Waals surface area contributed by atoms with Gasteiger partial charge in [0.05, 0.1) is 5.02 Å². The van der Waals surface area contributed by atoms with Gasteiger partial charge in [0.2, 0.25) is 5.95 Å². The Morgan fingerprint density at radius 1 is 1.33 bits per heavy atom. The molecule has 0 radical (unpaired) electrons. The summed E-state index contributed by atoms with van der Waals surface area (Å²) in [7, 11) is 1.79. The van der Waals surface area contributed by atoms with Gasteiger partial charge in [-0.3, -0.25) is 4.79 Å². The van der Waals surface area contributed by atoms with E-state index in [1.165, 1.54) is 0 Å². The van der Waals surface area contributed by atoms with Crippen LogP contribution in [0.5, 0.6) is 0 Å². The Morgan fingerprint density at radius 3 is 2.86 bits per heavy atom. The third-order valence-corrected chi connectivity index (χ3v) is 3.24. The lowest BCUT2D eigenvalue weighted by Crippen LogP contribution is -2.03. The predicted octanol–water partition coefficient (Wildman–Crippen LogP) is 3.90. The Kier molecular flexibility index (Phi) is 5.11. The number of hydrogen-bond acceptors (Lipinski definition) is 5. The van der Waals surface area contributed by atoms with Crippen molar-refractivity contribution < 1.29 is 4.79 Å². The van der Waals surface area contributed by atoms with Gasteiger partial charge in [-0.05, 0) is 30.7 Å². The summed E-state index contributed by atoms with van der Waals surface area (Å²) in [4.78, 5) is 20.4. The number of rotatable bonds is 6. The molecule has 2 N–H and O–H groups in total. The van der Waals surface area contributed by atoms with Crippen LogP contribution in [0.25, 0.3) is 0 Å². The van der Waals surface area contributed by atoms with Gasteiger partial charge in [0.1, 0.15) is 5.82 Å². The van der Waals surface area contributed by atoms with E-state index in [2.05, 4.69) is 20.6 Å². The standard InChI is InChI=1S/C15H17ClN4O/c1-3-4-13(21)11-9-10(5-6-12(11)16)19-15-18-8-7-14(17-2)20-15/h5-9H,3-4H2,1-2H3,(H2,17,18,19,20). The van der Waals surface area contributed by atoms with Crippen molar-refractivity contribution in [3.8, 4) is 0 Å². The van der Waals surface area contributed by atoms with Crippen molar-refractivity contribution in [2.45, 2.75) is 19.8 Å². The van der Waals surface area contributed by atoms with Crippen LogP contribution in [-0.4, -0.2) is 22.8 Å². The Bertz CT molecular complexity index is 645. The molecule has 2 aromatic rings. The maximum atomic E-state index is 12.0. The molecule has 6 heteroatoms. The fourth-order valence-corrected chi connectivity index (χ4v) is 2.09. The highest BCUT2D eigenvalue weighted by Gasteiger charge is 2.11. The second-order valence-electron chi connectivity index (χ2n) is 4.51. The van der Waals surface area contributed by atoms with E-state index in [0.29, 0.717) is 28.8 Å². The van der Waals surface area contributed by atoms with Crippen molar-refractivity contribution in [1.29, 1.82) is 0 Å². The van der Waals surface area contributed by atoms with E-state index >= 15 is 0 Å². The van der Waals surface area contributed by atoms with Gasteiger partial charge in [0.25, 0.3) is 0 Å². The minimum Gasteiger partial charge on any atom is -0.373 e. The Labute approximate surface area is 128 Å². The van der Waals surface area contributed by atoms with Crippen LogP contribution < -0.4 is 10.6 Å². The summed E-state index contributed by atoms with van der Waals surface area (Å²) < 4.78 is 0. The Hall–Kier alpha value is -2.14. The number of benzene rings is 1. The first-order chi connectivity index (χ1) is 10.1. The van der Waals surface area contributed by atoms with Crippen molar-refractivity contribution in [2.75, 3.05) is 17.7 Å². The van der Waals surface area contributed by atoms with Gasteiger partial charge in [0.15, 0.2) is 5.78 Å². The normalized spacial score (nSPS) is 10.2. The molecule has 0 aliphatic carbocycles. The zero-order chi connectivity index (χ0) is 15.2. The van der Waals surface area contributed by atoms with Crippen molar-refractivity contribution in [1.82, 2.24) is 9.97 Å². The SMILES string of the molecule is CCCC(=O)c1cc(Nc2nccc(NC)n2)ccc1Cl. The van der Waals surface area contributed by atoms with Gasteiger partial charge in [-0.1, -0.05) is 18.5 Å². The summed E-state index contributed by atoms with van der Waals surface area (Å²) >= 11 is 6.09. The first-order valence-electron chi connectivity index (χ1n) is 6.74. The smallest absolute Gasteiger partial charge is 0.229 e. The molecule has 0 aliphatic rings. The topological polar surface area (TPSA) is 66.9 Å². The van der Waals surface area contributed by atoms with Crippen LogP contribution in [0.15, 0.2) is 30.5 Å². The predicted molar refractivity (Wildman–Crippen MR) is 85.6 cm³/mol. The van der Waals surface area contributed by atoms with Crippen molar-refractivity contribution in [2.24, 2.45) is 0 Å². The highest BCUT2D eigenvalue weighted by Crippen LogP contribution is 2.24. The second-order valence-corrected chi connectivity index (χ2v) is 4.92. The summed E-state index contributed by atoms with van der Waals surface area (Å²) in [6, 6.07) is 6.99. The first-order valence-corrected chi connectivity index (χ1v) is 7.12. The number of carbonyl (C=O) groups excluding carboxylic acids is 1. The second kappa shape index (κ2) is 7.04. The van der Waals surface area contributed by atoms with E-state index in [-0.39, 0.29) is 5.78 Å². The average molecular weight is 305 g/mol. The fraction of sp³-hybridized carbons (Fsp3) is 0.267. The van der Waals surface area contributed by atoms with Gasteiger partial charge in [-0.15, -0.1) is 0 Å². The largest absolute Gasteiger partial charge is 0.373 e. The molecule has 0 spiro atoms. The molecule has 0 fully saturated rings. The lowest BCUT2D eigenvalue weighted by Gasteiger charge is -2.09. The third kappa shape index (κ3) is 3.92. The van der Waals surface area contributed by atoms with Gasteiger partial charge < -0.3 is 10.6 Å². The van der Waals surface area contributed by atoms with Crippen LogP contribution in [0, 0.1) is 0 Å². The molecule has 0 unspecified atom stereocenters. The third-order valence-electron chi connectivity index (χ3n) is 2.91. The van der Waals surface area contributed by atoms with Crippen LogP contribution in [0.4, 0.5) is 17.5 Å². The average Bonchev–Trinajstić information content (AvgIpc) is 2.49. The number of Topliss-reactive ketones (excluding diaryl/α,β-unsaturated/α-hetero) is 1. The van der Waals surface area contributed by atoms with Gasteiger partial charge >= 0.3 is 0 Å². The molecule has 0 aliphatic heterocycles. The van der Waals surface area contributed by atoms with Gasteiger partial charge in [-0.25, -0.2) is 4.98 Å². The maximum absolute atomic E-state index is 12.0. The highest BCUT2D eigenvalue weighted by atomic mass is 35.5. The van der Waals surface area contributed by atoms with Crippen molar-refractivity contribution >= 4 is 34.8 Å². The summed E-state index contributed by atoms with van der Waals surface area (Å²) in [5.41, 5.74) is 1.25. The molecule has 1 aromatic heterocycles. The minimum absolute atomic E-state index is 0.0380. The van der Waals surface area contributed by atoms with Gasteiger partial charge in [0, 0.05) is 30.9 Å². The molecular formula is C15H17ClN4O. The van der Waals surface area contributed by atoms with E-state index in [0.717, 1.165) is 12.1 Å². The lowest BCUT2D eigenvalue weighted by molar-refractivity contribution is 0.0982. The monoisotopic (exact) mass is 304 g/mol. The van der Waals surface area contributed by atoms with E-state index in [1.807, 2.05) is 6.92 Å². The number of anilines is 3. The van der Waals surface area contributed by atoms with Crippen molar-refractivity contribution in [3.05, 3.63) is 41.0 Å². The van der Waals surface area contributed by atoms with Crippen LogP contribution in [-0.2, 0) is 0 Å². The molecule has 0 bridgehead atoms. The number of halogens is 1. The van der Waals surface area contributed by atoms with E-state index in [1.54, 1.807) is 37.5 Å². The number of ketones is 1. The molecule has 0 atom stereocenters. The molecule has 110 valence electrons. The summed E-state index contributed by atoms with van der Waals surface area (Å²) in [6.07, 6.45) is 2.93. The molecular weight excluding hydrogens is 288 g/mol. The molecule has 5 nitrogen and oxygen atoms in total. The quantitative estimate of drug-likeness (QED) is 0.792. The van der Waals surface area contributed by atoms with Gasteiger partial charge in [-0.2, -0.15) is 4.98 Å². The number of nitrogens with one attached hydrogen (secondary N) is 2. The Balaban J connectivity index is 2.24. The summed E-state index contributed by atoms with van der Waals surface area (Å²) in [5, 5.41) is 6.47. The maximum Gasteiger partial charge on any atom is 0.229 e. The van der Waals surface area contributed by atoms with E-state index in [4.69, 9.17) is 11.6 Å². The number of nitrogens with zero attached hydrogens (tertiary/aromatic N) is 2. The summed E-state index contributed by atoms with van der Waals surface area (Å²) in [5.74, 6) is 1.21. The Morgan fingerprint density at radius 2 is 2.14 bits per heavy atom. The van der Waals surface area contributed by atoms with Crippen LogP contribution in [0.1, 0.15) is 30.1 Å².